The third-order valence-electron chi connectivity index (χ3n) is 2.80. The number of hydrogen-bond acceptors (Lipinski definition) is 4. The molecule has 1 aromatic carbocycles. The first-order valence-electron chi connectivity index (χ1n) is 6.81. The van der Waals surface area contributed by atoms with E-state index in [-0.39, 0.29) is 5.69 Å². The SMILES string of the molecule is O=C(COC(=O)/C=C/c1ccc(Br)o1)Nc1cccc(C(F)(F)F)c1. The number of carbonyl (C=O) groups is 2. The molecule has 1 amide bonds. The lowest BCUT2D eigenvalue weighted by molar-refractivity contribution is -0.142. The number of alkyl halides is 3. The van der Waals surface area contributed by atoms with Gasteiger partial charge in [-0.3, -0.25) is 4.79 Å². The van der Waals surface area contributed by atoms with Gasteiger partial charge in [-0.15, -0.1) is 0 Å². The van der Waals surface area contributed by atoms with Gasteiger partial charge < -0.3 is 14.5 Å². The van der Waals surface area contributed by atoms with Crippen molar-refractivity contribution in [3.05, 3.63) is 58.5 Å². The van der Waals surface area contributed by atoms with Gasteiger partial charge in [-0.25, -0.2) is 4.79 Å². The van der Waals surface area contributed by atoms with E-state index < -0.39 is 30.2 Å². The number of furan rings is 1. The quantitative estimate of drug-likeness (QED) is 0.582. The second-order valence-electron chi connectivity index (χ2n) is 4.71. The maximum Gasteiger partial charge on any atom is 0.416 e. The molecule has 0 atom stereocenters. The molecule has 0 fully saturated rings. The average Bonchev–Trinajstić information content (AvgIpc) is 2.96. The van der Waals surface area contributed by atoms with E-state index in [9.17, 15) is 22.8 Å². The minimum Gasteiger partial charge on any atom is -0.452 e. The van der Waals surface area contributed by atoms with Crippen molar-refractivity contribution in [2.75, 3.05) is 11.9 Å². The summed E-state index contributed by atoms with van der Waals surface area (Å²) in [4.78, 5) is 23.1. The maximum absolute atomic E-state index is 12.6. The average molecular weight is 418 g/mol. The van der Waals surface area contributed by atoms with Crippen LogP contribution in [0.3, 0.4) is 0 Å². The summed E-state index contributed by atoms with van der Waals surface area (Å²) in [7, 11) is 0. The predicted molar refractivity (Wildman–Crippen MR) is 86.5 cm³/mol. The van der Waals surface area contributed by atoms with Crippen molar-refractivity contribution >= 4 is 39.6 Å². The Bertz CT molecular complexity index is 799. The third kappa shape index (κ3) is 6.11. The highest BCUT2D eigenvalue weighted by atomic mass is 79.9. The summed E-state index contributed by atoms with van der Waals surface area (Å²) >= 11 is 3.10. The zero-order valence-corrected chi connectivity index (χ0v) is 14.1. The first kappa shape index (κ1) is 18.8. The lowest BCUT2D eigenvalue weighted by atomic mass is 10.2. The molecule has 0 saturated carbocycles. The lowest BCUT2D eigenvalue weighted by Crippen LogP contribution is -2.20. The summed E-state index contributed by atoms with van der Waals surface area (Å²) < 4.78 is 48.1. The van der Waals surface area contributed by atoms with Gasteiger partial charge in [-0.2, -0.15) is 13.2 Å². The van der Waals surface area contributed by atoms with Crippen LogP contribution in [0.4, 0.5) is 18.9 Å². The Morgan fingerprint density at radius 1 is 1.24 bits per heavy atom. The standard InChI is InChI=1S/C16H11BrF3NO4/c17-13-6-4-12(25-13)5-7-15(23)24-9-14(22)21-11-3-1-2-10(8-11)16(18,19)20/h1-8H,9H2,(H,21,22)/b7-5+. The van der Waals surface area contributed by atoms with E-state index in [1.807, 2.05) is 0 Å². The molecule has 0 bridgehead atoms. The number of esters is 1. The Morgan fingerprint density at radius 3 is 2.64 bits per heavy atom. The van der Waals surface area contributed by atoms with Crippen LogP contribution < -0.4 is 5.32 Å². The lowest BCUT2D eigenvalue weighted by Gasteiger charge is -2.09. The number of benzene rings is 1. The zero-order chi connectivity index (χ0) is 18.4. The van der Waals surface area contributed by atoms with Crippen LogP contribution in [-0.4, -0.2) is 18.5 Å². The van der Waals surface area contributed by atoms with Crippen molar-refractivity contribution in [3.63, 3.8) is 0 Å². The molecule has 9 heteroatoms. The highest BCUT2D eigenvalue weighted by Gasteiger charge is 2.30. The summed E-state index contributed by atoms with van der Waals surface area (Å²) in [6, 6.07) is 7.36. The number of nitrogens with one attached hydrogen (secondary N) is 1. The number of amides is 1. The first-order chi connectivity index (χ1) is 11.7. The smallest absolute Gasteiger partial charge is 0.416 e. The molecule has 0 spiro atoms. The summed E-state index contributed by atoms with van der Waals surface area (Å²) in [5.74, 6) is -1.16. The van der Waals surface area contributed by atoms with Gasteiger partial charge in [0.15, 0.2) is 11.3 Å². The molecule has 0 unspecified atom stereocenters. The molecule has 2 aromatic rings. The van der Waals surface area contributed by atoms with Crippen LogP contribution in [0.2, 0.25) is 0 Å². The van der Waals surface area contributed by atoms with Crippen LogP contribution in [0.5, 0.6) is 0 Å². The third-order valence-corrected chi connectivity index (χ3v) is 3.22. The number of ether oxygens (including phenoxy) is 1. The van der Waals surface area contributed by atoms with Crippen LogP contribution in [0, 0.1) is 0 Å². The Labute approximate surface area is 148 Å². The predicted octanol–water partition coefficient (Wildman–Crippen LogP) is 4.26. The van der Waals surface area contributed by atoms with Gasteiger partial charge in [-0.1, -0.05) is 6.07 Å². The van der Waals surface area contributed by atoms with Gasteiger partial charge in [0.1, 0.15) is 5.76 Å². The van der Waals surface area contributed by atoms with Crippen molar-refractivity contribution < 1.29 is 31.9 Å². The molecule has 25 heavy (non-hydrogen) atoms. The second-order valence-corrected chi connectivity index (χ2v) is 5.49. The van der Waals surface area contributed by atoms with E-state index in [0.29, 0.717) is 10.4 Å². The van der Waals surface area contributed by atoms with Gasteiger partial charge in [0.2, 0.25) is 0 Å². The molecule has 132 valence electrons. The Morgan fingerprint density at radius 2 is 2.00 bits per heavy atom. The Balaban J connectivity index is 1.84. The molecule has 0 aliphatic carbocycles. The summed E-state index contributed by atoms with van der Waals surface area (Å²) in [6.07, 6.45) is -2.11. The highest BCUT2D eigenvalue weighted by Crippen LogP contribution is 2.30. The van der Waals surface area contributed by atoms with Crippen LogP contribution >= 0.6 is 15.9 Å². The van der Waals surface area contributed by atoms with Gasteiger partial charge >= 0.3 is 12.1 Å². The number of rotatable bonds is 5. The van der Waals surface area contributed by atoms with Crippen LogP contribution in [0.25, 0.3) is 6.08 Å². The molecule has 2 rings (SSSR count). The number of hydrogen-bond donors (Lipinski definition) is 1. The molecular weight excluding hydrogens is 407 g/mol. The minimum atomic E-state index is -4.52. The van der Waals surface area contributed by atoms with Gasteiger partial charge in [0.25, 0.3) is 5.91 Å². The van der Waals surface area contributed by atoms with Crippen molar-refractivity contribution in [1.82, 2.24) is 0 Å². The normalized spacial score (nSPS) is 11.5. The number of halogens is 4. The monoisotopic (exact) mass is 417 g/mol. The maximum atomic E-state index is 12.6. The fraction of sp³-hybridized carbons (Fsp3) is 0.125. The molecule has 5 nitrogen and oxygen atoms in total. The fourth-order valence-corrected chi connectivity index (χ4v) is 2.04. The van der Waals surface area contributed by atoms with E-state index in [4.69, 9.17) is 4.42 Å². The fourth-order valence-electron chi connectivity index (χ4n) is 1.72. The molecule has 0 saturated heterocycles. The summed E-state index contributed by atoms with van der Waals surface area (Å²) in [5.41, 5.74) is -0.943. The van der Waals surface area contributed by atoms with E-state index in [1.54, 1.807) is 12.1 Å². The topological polar surface area (TPSA) is 68.5 Å². The van der Waals surface area contributed by atoms with Gasteiger partial charge in [0.05, 0.1) is 5.56 Å². The van der Waals surface area contributed by atoms with Crippen molar-refractivity contribution in [1.29, 1.82) is 0 Å². The number of anilines is 1. The van der Waals surface area contributed by atoms with Crippen LogP contribution in [0.1, 0.15) is 11.3 Å². The van der Waals surface area contributed by atoms with E-state index >= 15 is 0 Å². The summed E-state index contributed by atoms with van der Waals surface area (Å²) in [5, 5.41) is 2.22. The van der Waals surface area contributed by atoms with Gasteiger partial charge in [-0.05, 0) is 52.3 Å². The molecule has 0 aliphatic rings. The van der Waals surface area contributed by atoms with E-state index in [0.717, 1.165) is 24.3 Å². The van der Waals surface area contributed by atoms with Crippen LogP contribution in [0.15, 0.2) is 51.6 Å². The molecule has 0 aliphatic heterocycles. The van der Waals surface area contributed by atoms with Crippen LogP contribution in [-0.2, 0) is 20.5 Å². The summed E-state index contributed by atoms with van der Waals surface area (Å²) in [6.45, 7) is -0.638. The molecule has 0 radical (unpaired) electrons. The second kappa shape index (κ2) is 8.02. The first-order valence-corrected chi connectivity index (χ1v) is 7.60. The molecule has 1 aromatic heterocycles. The minimum absolute atomic E-state index is 0.0492. The number of carbonyl (C=O) groups excluding carboxylic acids is 2. The van der Waals surface area contributed by atoms with Crippen molar-refractivity contribution in [2.24, 2.45) is 0 Å². The molecule has 1 N–H and O–H groups in total. The Hall–Kier alpha value is -2.55. The van der Waals surface area contributed by atoms with E-state index in [2.05, 4.69) is 26.0 Å². The Kier molecular flexibility index (Phi) is 6.02. The van der Waals surface area contributed by atoms with E-state index in [1.165, 1.54) is 12.1 Å². The molecule has 1 heterocycles. The van der Waals surface area contributed by atoms with Crippen molar-refractivity contribution in [3.8, 4) is 0 Å². The van der Waals surface area contributed by atoms with Crippen molar-refractivity contribution in [2.45, 2.75) is 6.18 Å². The van der Waals surface area contributed by atoms with Gasteiger partial charge in [0, 0.05) is 11.8 Å². The molecular formula is C16H11BrF3NO4. The highest BCUT2D eigenvalue weighted by molar-refractivity contribution is 9.10. The zero-order valence-electron chi connectivity index (χ0n) is 12.5. The largest absolute Gasteiger partial charge is 0.452 e.